The quantitative estimate of drug-likeness (QED) is 0.703. The van der Waals surface area contributed by atoms with E-state index < -0.39 is 0 Å². The molecule has 0 aromatic carbocycles. The molecule has 0 atom stereocenters. The van der Waals surface area contributed by atoms with Crippen molar-refractivity contribution in [1.29, 1.82) is 0 Å². The van der Waals surface area contributed by atoms with Crippen molar-refractivity contribution in [2.75, 3.05) is 26.2 Å². The van der Waals surface area contributed by atoms with Crippen molar-refractivity contribution in [2.45, 2.75) is 46.0 Å². The Morgan fingerprint density at radius 1 is 1.38 bits per heavy atom. The van der Waals surface area contributed by atoms with Crippen LogP contribution >= 0.6 is 0 Å². The number of hydrogen-bond donors (Lipinski definition) is 1. The molecular weight excluding hydrogens is 196 g/mol. The minimum atomic E-state index is 0.829. The highest BCUT2D eigenvalue weighted by molar-refractivity contribution is 5.04. The topological polar surface area (TPSA) is 29.3 Å². The lowest BCUT2D eigenvalue weighted by atomic mass is 9.89. The van der Waals surface area contributed by atoms with Crippen molar-refractivity contribution in [3.63, 3.8) is 0 Å². The predicted octanol–water partition coefficient (Wildman–Crippen LogP) is 2.79. The molecule has 1 aliphatic heterocycles. The monoisotopic (exact) mass is 224 g/mol. The molecule has 1 saturated heterocycles. The minimum Gasteiger partial charge on any atom is -0.330 e. The third-order valence-corrected chi connectivity index (χ3v) is 3.66. The van der Waals surface area contributed by atoms with Crippen molar-refractivity contribution >= 4 is 0 Å². The number of nitrogens with two attached hydrogens (primary N) is 1. The summed E-state index contributed by atoms with van der Waals surface area (Å²) in [4.78, 5) is 2.57. The standard InChI is InChI=1S/C14H28N2/c1-3-4-6-13(2)14-7-11-16(12-8-14)10-5-9-15/h6,14H,3-5,7-12,15H2,1-2H3/b13-6+. The predicted molar refractivity (Wildman–Crippen MR) is 71.5 cm³/mol. The molecule has 0 saturated carbocycles. The molecule has 1 heterocycles. The van der Waals surface area contributed by atoms with Crippen LogP contribution in [0.4, 0.5) is 0 Å². The van der Waals surface area contributed by atoms with Crippen molar-refractivity contribution in [1.82, 2.24) is 4.90 Å². The summed E-state index contributed by atoms with van der Waals surface area (Å²) in [7, 11) is 0. The van der Waals surface area contributed by atoms with Crippen molar-refractivity contribution in [3.05, 3.63) is 11.6 Å². The molecule has 1 fully saturated rings. The summed E-state index contributed by atoms with van der Waals surface area (Å²) in [5.41, 5.74) is 7.17. The van der Waals surface area contributed by atoms with Crippen LogP contribution in [0.2, 0.25) is 0 Å². The zero-order valence-electron chi connectivity index (χ0n) is 11.0. The van der Waals surface area contributed by atoms with Gasteiger partial charge in [-0.05, 0) is 64.7 Å². The average Bonchev–Trinajstić information content (AvgIpc) is 2.34. The summed E-state index contributed by atoms with van der Waals surface area (Å²) in [6.07, 6.45) is 8.80. The van der Waals surface area contributed by atoms with E-state index in [0.29, 0.717) is 0 Å². The molecule has 0 unspecified atom stereocenters. The molecular formula is C14H28N2. The second-order valence-electron chi connectivity index (χ2n) is 4.99. The highest BCUT2D eigenvalue weighted by Crippen LogP contribution is 2.24. The Balaban J connectivity index is 2.25. The van der Waals surface area contributed by atoms with Crippen molar-refractivity contribution in [2.24, 2.45) is 11.7 Å². The molecule has 0 aromatic heterocycles. The van der Waals surface area contributed by atoms with E-state index in [2.05, 4.69) is 24.8 Å². The van der Waals surface area contributed by atoms with Gasteiger partial charge in [-0.1, -0.05) is 25.0 Å². The lowest BCUT2D eigenvalue weighted by Crippen LogP contribution is -2.35. The van der Waals surface area contributed by atoms with Crippen LogP contribution in [-0.2, 0) is 0 Å². The fraction of sp³-hybridized carbons (Fsp3) is 0.857. The fourth-order valence-electron chi connectivity index (χ4n) is 2.47. The molecule has 1 aliphatic rings. The van der Waals surface area contributed by atoms with Gasteiger partial charge in [0.05, 0.1) is 0 Å². The third-order valence-electron chi connectivity index (χ3n) is 3.66. The van der Waals surface area contributed by atoms with E-state index in [-0.39, 0.29) is 0 Å². The van der Waals surface area contributed by atoms with Crippen LogP contribution in [0.1, 0.15) is 46.0 Å². The van der Waals surface area contributed by atoms with Gasteiger partial charge in [-0.3, -0.25) is 0 Å². The van der Waals surface area contributed by atoms with Crippen LogP contribution in [0, 0.1) is 5.92 Å². The number of allylic oxidation sites excluding steroid dienone is 2. The molecule has 0 radical (unpaired) electrons. The SMILES string of the molecule is CCC/C=C(\C)C1CCN(CCCN)CC1. The van der Waals surface area contributed by atoms with Crippen LogP contribution < -0.4 is 5.73 Å². The Bertz CT molecular complexity index is 203. The van der Waals surface area contributed by atoms with Crippen LogP contribution in [-0.4, -0.2) is 31.1 Å². The van der Waals surface area contributed by atoms with E-state index in [9.17, 15) is 0 Å². The molecule has 16 heavy (non-hydrogen) atoms. The third kappa shape index (κ3) is 4.67. The smallest absolute Gasteiger partial charge is 0.000671 e. The molecule has 0 aromatic rings. The lowest BCUT2D eigenvalue weighted by molar-refractivity contribution is 0.197. The molecule has 1 rings (SSSR count). The van der Waals surface area contributed by atoms with Crippen LogP contribution in [0.3, 0.4) is 0 Å². The van der Waals surface area contributed by atoms with E-state index in [1.165, 1.54) is 45.3 Å². The van der Waals surface area contributed by atoms with Gasteiger partial charge >= 0.3 is 0 Å². The maximum atomic E-state index is 5.54. The molecule has 0 bridgehead atoms. The normalized spacial score (nSPS) is 20.3. The van der Waals surface area contributed by atoms with E-state index in [1.54, 1.807) is 5.57 Å². The number of nitrogens with zero attached hydrogens (tertiary/aromatic N) is 1. The molecule has 0 amide bonds. The number of rotatable bonds is 6. The number of piperidine rings is 1. The van der Waals surface area contributed by atoms with Gasteiger partial charge in [0.25, 0.3) is 0 Å². The van der Waals surface area contributed by atoms with Gasteiger partial charge in [-0.2, -0.15) is 0 Å². The van der Waals surface area contributed by atoms with Crippen LogP contribution in [0.5, 0.6) is 0 Å². The largest absolute Gasteiger partial charge is 0.330 e. The number of unbranched alkanes of at least 4 members (excludes halogenated alkanes) is 1. The molecule has 94 valence electrons. The Labute approximate surface area is 101 Å². The van der Waals surface area contributed by atoms with Crippen LogP contribution in [0.15, 0.2) is 11.6 Å². The van der Waals surface area contributed by atoms with Crippen LogP contribution in [0.25, 0.3) is 0 Å². The molecule has 2 heteroatoms. The second-order valence-corrected chi connectivity index (χ2v) is 4.99. The lowest BCUT2D eigenvalue weighted by Gasteiger charge is -2.32. The van der Waals surface area contributed by atoms with Gasteiger partial charge in [0.2, 0.25) is 0 Å². The van der Waals surface area contributed by atoms with Gasteiger partial charge in [0, 0.05) is 0 Å². The van der Waals surface area contributed by atoms with E-state index >= 15 is 0 Å². The average molecular weight is 224 g/mol. The molecule has 0 aliphatic carbocycles. The molecule has 2 N–H and O–H groups in total. The van der Waals surface area contributed by atoms with Crippen molar-refractivity contribution < 1.29 is 0 Å². The summed E-state index contributed by atoms with van der Waals surface area (Å²) < 4.78 is 0. The van der Waals surface area contributed by atoms with Gasteiger partial charge in [-0.15, -0.1) is 0 Å². The first-order chi connectivity index (χ1) is 7.77. The van der Waals surface area contributed by atoms with E-state index in [0.717, 1.165) is 18.9 Å². The molecule has 0 spiro atoms. The van der Waals surface area contributed by atoms with Gasteiger partial charge in [0.15, 0.2) is 0 Å². The fourth-order valence-corrected chi connectivity index (χ4v) is 2.47. The Morgan fingerprint density at radius 3 is 2.62 bits per heavy atom. The van der Waals surface area contributed by atoms with Gasteiger partial charge in [0.1, 0.15) is 0 Å². The highest BCUT2D eigenvalue weighted by atomic mass is 15.1. The van der Waals surface area contributed by atoms with E-state index in [4.69, 9.17) is 5.73 Å². The summed E-state index contributed by atoms with van der Waals surface area (Å²) in [5, 5.41) is 0. The summed E-state index contributed by atoms with van der Waals surface area (Å²) in [6.45, 7) is 9.12. The second kappa shape index (κ2) is 7.86. The summed E-state index contributed by atoms with van der Waals surface area (Å²) >= 11 is 0. The summed E-state index contributed by atoms with van der Waals surface area (Å²) in [6, 6.07) is 0. The van der Waals surface area contributed by atoms with Gasteiger partial charge in [-0.25, -0.2) is 0 Å². The van der Waals surface area contributed by atoms with Crippen molar-refractivity contribution in [3.8, 4) is 0 Å². The maximum Gasteiger partial charge on any atom is -0.000671 e. The first kappa shape index (κ1) is 13.7. The Hall–Kier alpha value is -0.340. The summed E-state index contributed by atoms with van der Waals surface area (Å²) in [5.74, 6) is 0.848. The molecule has 2 nitrogen and oxygen atoms in total. The Kier molecular flexibility index (Phi) is 6.74. The zero-order valence-corrected chi connectivity index (χ0v) is 11.0. The van der Waals surface area contributed by atoms with E-state index in [1.807, 2.05) is 0 Å². The maximum absolute atomic E-state index is 5.54. The van der Waals surface area contributed by atoms with Gasteiger partial charge < -0.3 is 10.6 Å². The zero-order chi connectivity index (χ0) is 11.8. The Morgan fingerprint density at radius 2 is 2.06 bits per heavy atom. The first-order valence-corrected chi connectivity index (χ1v) is 6.87. The number of likely N-dealkylation sites (tertiary alicyclic amines) is 1. The minimum absolute atomic E-state index is 0.829. The first-order valence-electron chi connectivity index (χ1n) is 6.87. The number of hydrogen-bond acceptors (Lipinski definition) is 2. The highest BCUT2D eigenvalue weighted by Gasteiger charge is 2.19.